The van der Waals surface area contributed by atoms with E-state index < -0.39 is 0 Å². The number of fused-ring (bicyclic) bond motifs is 5. The molecular formula is C20H12N6S2. The third-order valence-electron chi connectivity index (χ3n) is 5.23. The standard InChI is InChI=1S/C20H12N6S2/c1-23-14(10-21)25-16-8-12-18(27-16)19-13(20(12)6-4-3-5-7-20)9-17(28-19)26-15(11-22)24-2/h8-9H,3-7H2. The summed E-state index contributed by atoms with van der Waals surface area (Å²) in [5.74, 6) is -0.324. The normalized spacial score (nSPS) is 17.1. The first-order valence-corrected chi connectivity index (χ1v) is 10.3. The van der Waals surface area contributed by atoms with Gasteiger partial charge in [-0.15, -0.1) is 0 Å². The molecule has 28 heavy (non-hydrogen) atoms. The molecule has 8 heteroatoms. The lowest BCUT2D eigenvalue weighted by Crippen LogP contribution is -2.27. The van der Waals surface area contributed by atoms with Crippen LogP contribution in [0.4, 0.5) is 10.0 Å². The van der Waals surface area contributed by atoms with E-state index in [9.17, 15) is 0 Å². The molecule has 2 heterocycles. The topological polar surface area (TPSA) is 81.0 Å². The average Bonchev–Trinajstić information content (AvgIpc) is 3.39. The summed E-state index contributed by atoms with van der Waals surface area (Å²) in [5.41, 5.74) is 2.38. The van der Waals surface area contributed by atoms with E-state index in [1.54, 1.807) is 0 Å². The third kappa shape index (κ3) is 2.72. The van der Waals surface area contributed by atoms with Crippen molar-refractivity contribution >= 4 is 44.3 Å². The van der Waals surface area contributed by atoms with Crippen LogP contribution in [0.25, 0.3) is 19.4 Å². The van der Waals surface area contributed by atoms with Crippen LogP contribution in [0.3, 0.4) is 0 Å². The minimum absolute atomic E-state index is 0.0900. The molecule has 1 spiro atoms. The molecule has 134 valence electrons. The first-order chi connectivity index (χ1) is 13.6. The maximum Gasteiger partial charge on any atom is 0.350 e. The molecule has 0 aromatic carbocycles. The first-order valence-electron chi connectivity index (χ1n) is 8.66. The molecule has 0 N–H and O–H groups in total. The van der Waals surface area contributed by atoms with Gasteiger partial charge in [0.15, 0.2) is 0 Å². The second kappa shape index (κ2) is 7.02. The molecule has 0 bridgehead atoms. The van der Waals surface area contributed by atoms with Gasteiger partial charge in [0.2, 0.25) is 10.0 Å². The van der Waals surface area contributed by atoms with Crippen LogP contribution in [0.1, 0.15) is 43.2 Å². The third-order valence-corrected chi connectivity index (χ3v) is 7.45. The number of hydrogen-bond acceptors (Lipinski definition) is 6. The minimum atomic E-state index is -0.162. The van der Waals surface area contributed by atoms with Crippen LogP contribution in [0.15, 0.2) is 22.1 Å². The summed E-state index contributed by atoms with van der Waals surface area (Å²) in [7, 11) is 0. The van der Waals surface area contributed by atoms with Gasteiger partial charge in [0.25, 0.3) is 0 Å². The molecule has 0 atom stereocenters. The van der Waals surface area contributed by atoms with E-state index in [4.69, 9.17) is 23.7 Å². The molecule has 0 aliphatic heterocycles. The van der Waals surface area contributed by atoms with Gasteiger partial charge in [0, 0.05) is 17.5 Å². The van der Waals surface area contributed by atoms with Crippen molar-refractivity contribution in [1.29, 1.82) is 10.5 Å². The highest BCUT2D eigenvalue weighted by molar-refractivity contribution is 7.26. The monoisotopic (exact) mass is 400 g/mol. The van der Waals surface area contributed by atoms with Crippen molar-refractivity contribution in [1.82, 2.24) is 0 Å². The fourth-order valence-corrected chi connectivity index (χ4v) is 6.53. The second-order valence-electron chi connectivity index (χ2n) is 6.62. The Morgan fingerprint density at radius 2 is 1.36 bits per heavy atom. The van der Waals surface area contributed by atoms with Gasteiger partial charge in [-0.3, -0.25) is 0 Å². The Morgan fingerprint density at radius 1 is 0.893 bits per heavy atom. The quantitative estimate of drug-likeness (QED) is 0.353. The second-order valence-corrected chi connectivity index (χ2v) is 8.68. The lowest BCUT2D eigenvalue weighted by Gasteiger charge is -2.34. The van der Waals surface area contributed by atoms with Gasteiger partial charge in [0.05, 0.1) is 9.75 Å². The van der Waals surface area contributed by atoms with Gasteiger partial charge in [-0.25, -0.2) is 10.5 Å². The van der Waals surface area contributed by atoms with Gasteiger partial charge >= 0.3 is 11.7 Å². The van der Waals surface area contributed by atoms with E-state index in [0.29, 0.717) is 10.0 Å². The predicted molar refractivity (Wildman–Crippen MR) is 110 cm³/mol. The highest BCUT2D eigenvalue weighted by Crippen LogP contribution is 2.62. The molecule has 1 fully saturated rings. The molecule has 1 saturated carbocycles. The Bertz CT molecular complexity index is 1070. The van der Waals surface area contributed by atoms with Gasteiger partial charge in [-0.2, -0.15) is 0 Å². The van der Waals surface area contributed by atoms with Crippen molar-refractivity contribution in [2.45, 2.75) is 37.5 Å². The van der Waals surface area contributed by atoms with Crippen molar-refractivity contribution in [2.24, 2.45) is 9.98 Å². The highest BCUT2D eigenvalue weighted by atomic mass is 32.1. The van der Waals surface area contributed by atoms with E-state index >= 15 is 0 Å². The van der Waals surface area contributed by atoms with E-state index in [1.165, 1.54) is 40.2 Å². The van der Waals surface area contributed by atoms with Crippen LogP contribution in [-0.2, 0) is 5.41 Å². The van der Waals surface area contributed by atoms with E-state index in [2.05, 4.69) is 19.7 Å². The smallest absolute Gasteiger partial charge is 0.350 e. The molecule has 0 saturated heterocycles. The lowest BCUT2D eigenvalue weighted by molar-refractivity contribution is 0.353. The van der Waals surface area contributed by atoms with Crippen LogP contribution < -0.4 is 0 Å². The highest BCUT2D eigenvalue weighted by Gasteiger charge is 2.47. The Morgan fingerprint density at radius 3 is 1.75 bits per heavy atom. The van der Waals surface area contributed by atoms with Crippen LogP contribution in [0.5, 0.6) is 0 Å². The van der Waals surface area contributed by atoms with Gasteiger partial charge in [-0.05, 0) is 24.0 Å². The molecule has 6 nitrogen and oxygen atoms in total. The largest absolute Gasteiger partial charge is 0.351 e. The Balaban J connectivity index is 1.89. The number of rotatable bonds is 2. The van der Waals surface area contributed by atoms with Crippen LogP contribution in [0, 0.1) is 35.8 Å². The number of thiophene rings is 2. The van der Waals surface area contributed by atoms with Gasteiger partial charge in [0.1, 0.15) is 12.1 Å². The SMILES string of the molecule is [C-]#[N+]C(C#N)=Nc1cc2c(s1)-c1sc(N=C(C#N)[N+]#[C-])cc1C21CCCCC1. The number of hydrogen-bond donors (Lipinski definition) is 0. The number of aliphatic imine (C=N–C) groups is 2. The Kier molecular flexibility index (Phi) is 4.54. The molecule has 2 aromatic heterocycles. The van der Waals surface area contributed by atoms with Crippen molar-refractivity contribution in [3.8, 4) is 21.9 Å². The van der Waals surface area contributed by atoms with E-state index in [0.717, 1.165) is 35.4 Å². The summed E-state index contributed by atoms with van der Waals surface area (Å²) >= 11 is 2.98. The summed E-state index contributed by atoms with van der Waals surface area (Å²) in [4.78, 5) is 17.0. The van der Waals surface area contributed by atoms with E-state index in [-0.39, 0.29) is 17.1 Å². The van der Waals surface area contributed by atoms with Crippen molar-refractivity contribution < 1.29 is 0 Å². The fraction of sp³-hybridized carbons (Fsp3) is 0.300. The summed E-state index contributed by atoms with van der Waals surface area (Å²) in [5, 5.41) is 19.4. The lowest BCUT2D eigenvalue weighted by atomic mass is 9.68. The van der Waals surface area contributed by atoms with Gasteiger partial charge < -0.3 is 9.69 Å². The molecule has 0 radical (unpaired) electrons. The first kappa shape index (κ1) is 18.1. The zero-order valence-electron chi connectivity index (χ0n) is 14.7. The van der Waals surface area contributed by atoms with Crippen LogP contribution in [0.2, 0.25) is 0 Å². The molecule has 2 aromatic rings. The Hall–Kier alpha value is -3.30. The molecule has 2 aliphatic carbocycles. The zero-order chi connectivity index (χ0) is 19.7. The molecule has 0 amide bonds. The average molecular weight is 400 g/mol. The summed E-state index contributed by atoms with van der Waals surface area (Å²) in [6.45, 7) is 14.1. The van der Waals surface area contributed by atoms with Crippen LogP contribution in [-0.4, -0.2) is 11.7 Å². The Labute approximate surface area is 170 Å². The van der Waals surface area contributed by atoms with E-state index in [1.807, 2.05) is 24.3 Å². The zero-order valence-corrected chi connectivity index (χ0v) is 16.3. The number of nitrogens with zero attached hydrogens (tertiary/aromatic N) is 6. The molecule has 2 aliphatic rings. The number of nitriles is 2. The summed E-state index contributed by atoms with van der Waals surface area (Å²) < 4.78 is 0. The van der Waals surface area contributed by atoms with Crippen molar-refractivity contribution in [2.75, 3.05) is 0 Å². The predicted octanol–water partition coefficient (Wildman–Crippen LogP) is 5.99. The minimum Gasteiger partial charge on any atom is -0.351 e. The van der Waals surface area contributed by atoms with Crippen molar-refractivity contribution in [3.05, 3.63) is 46.1 Å². The summed E-state index contributed by atoms with van der Waals surface area (Å²) in [6.07, 6.45) is 5.56. The van der Waals surface area contributed by atoms with Gasteiger partial charge in [-0.1, -0.05) is 65.1 Å². The molecular weight excluding hydrogens is 388 g/mol. The maximum absolute atomic E-state index is 9.02. The summed E-state index contributed by atoms with van der Waals surface area (Å²) in [6, 6.07) is 7.71. The van der Waals surface area contributed by atoms with Crippen molar-refractivity contribution in [3.63, 3.8) is 0 Å². The van der Waals surface area contributed by atoms with Crippen LogP contribution >= 0.6 is 22.7 Å². The molecule has 0 unspecified atom stereocenters. The maximum atomic E-state index is 9.02. The number of amidine groups is 2. The molecule has 4 rings (SSSR count). The fourth-order valence-electron chi connectivity index (χ4n) is 4.11.